The van der Waals surface area contributed by atoms with Crippen LogP contribution < -0.4 is 20.1 Å². The van der Waals surface area contributed by atoms with Crippen LogP contribution in [0.4, 0.5) is 0 Å². The third-order valence-corrected chi connectivity index (χ3v) is 5.44. The monoisotopic (exact) mass is 502 g/mol. The van der Waals surface area contributed by atoms with Crippen LogP contribution in [0.3, 0.4) is 0 Å². The van der Waals surface area contributed by atoms with Gasteiger partial charge in [-0.3, -0.25) is 9.89 Å². The van der Waals surface area contributed by atoms with Crippen LogP contribution in [0.1, 0.15) is 38.7 Å². The molecule has 2 N–H and O–H groups in total. The van der Waals surface area contributed by atoms with Gasteiger partial charge < -0.3 is 20.1 Å². The average molecular weight is 502 g/mol. The molecule has 0 saturated carbocycles. The summed E-state index contributed by atoms with van der Waals surface area (Å²) < 4.78 is 11.2. The van der Waals surface area contributed by atoms with Gasteiger partial charge in [-0.25, -0.2) is 0 Å². The molecule has 0 aliphatic carbocycles. The summed E-state index contributed by atoms with van der Waals surface area (Å²) in [6, 6.07) is 6.18. The molecule has 0 bridgehead atoms. The minimum Gasteiger partial charge on any atom is -0.486 e. The van der Waals surface area contributed by atoms with E-state index in [1.807, 2.05) is 13.1 Å². The zero-order valence-corrected chi connectivity index (χ0v) is 19.8. The summed E-state index contributed by atoms with van der Waals surface area (Å²) in [6.45, 7) is 9.99. The number of rotatable bonds is 6. The molecule has 2 heterocycles. The van der Waals surface area contributed by atoms with Crippen LogP contribution in [0.15, 0.2) is 23.2 Å². The molecule has 0 radical (unpaired) electrons. The highest BCUT2D eigenvalue weighted by Gasteiger charge is 2.27. The number of nitrogens with zero attached hydrogens (tertiary/aromatic N) is 2. The first-order valence-electron chi connectivity index (χ1n) is 10.2. The fourth-order valence-corrected chi connectivity index (χ4v) is 3.70. The lowest BCUT2D eigenvalue weighted by atomic mass is 9.98. The maximum atomic E-state index is 5.66. The first kappa shape index (κ1) is 23.1. The summed E-state index contributed by atoms with van der Waals surface area (Å²) in [5, 5.41) is 6.92. The van der Waals surface area contributed by atoms with Gasteiger partial charge in [0.25, 0.3) is 0 Å². The molecular formula is C21H35IN4O2. The number of guanidine groups is 1. The molecule has 2 aliphatic heterocycles. The highest BCUT2D eigenvalue weighted by Crippen LogP contribution is 2.30. The van der Waals surface area contributed by atoms with Crippen LogP contribution in [-0.4, -0.2) is 62.8 Å². The molecular weight excluding hydrogens is 467 g/mol. The Hall–Kier alpha value is -1.22. The maximum Gasteiger partial charge on any atom is 0.191 e. The quantitative estimate of drug-likeness (QED) is 0.356. The van der Waals surface area contributed by atoms with Crippen molar-refractivity contribution in [2.45, 2.75) is 45.1 Å². The molecule has 6 nitrogen and oxygen atoms in total. The smallest absolute Gasteiger partial charge is 0.191 e. The summed E-state index contributed by atoms with van der Waals surface area (Å²) in [7, 11) is 1.83. The molecule has 1 saturated heterocycles. The van der Waals surface area contributed by atoms with Gasteiger partial charge in [-0.15, -0.1) is 24.0 Å². The molecule has 1 aromatic rings. The van der Waals surface area contributed by atoms with Crippen molar-refractivity contribution in [3.05, 3.63) is 23.8 Å². The first-order chi connectivity index (χ1) is 13.1. The van der Waals surface area contributed by atoms with E-state index in [0.29, 0.717) is 13.2 Å². The van der Waals surface area contributed by atoms with Crippen molar-refractivity contribution in [3.63, 3.8) is 0 Å². The third kappa shape index (κ3) is 6.40. The molecule has 0 amide bonds. The molecule has 0 atom stereocenters. The Morgan fingerprint density at radius 3 is 2.50 bits per heavy atom. The van der Waals surface area contributed by atoms with E-state index in [1.165, 1.54) is 37.9 Å². The van der Waals surface area contributed by atoms with Gasteiger partial charge in [-0.1, -0.05) is 12.5 Å². The Kier molecular flexibility index (Phi) is 9.14. The number of hydrogen-bond donors (Lipinski definition) is 2. The molecule has 0 unspecified atom stereocenters. The second-order valence-electron chi connectivity index (χ2n) is 7.94. The molecule has 1 fully saturated rings. The van der Waals surface area contributed by atoms with Gasteiger partial charge in [-0.2, -0.15) is 0 Å². The second-order valence-corrected chi connectivity index (χ2v) is 7.94. The van der Waals surface area contributed by atoms with Crippen LogP contribution >= 0.6 is 24.0 Å². The van der Waals surface area contributed by atoms with E-state index in [0.717, 1.165) is 37.0 Å². The van der Waals surface area contributed by atoms with Crippen LogP contribution in [0, 0.1) is 0 Å². The number of halogens is 1. The maximum absolute atomic E-state index is 5.66. The van der Waals surface area contributed by atoms with Crippen molar-refractivity contribution in [3.8, 4) is 11.5 Å². The Morgan fingerprint density at radius 1 is 1.07 bits per heavy atom. The number of benzene rings is 1. The number of piperidine rings is 1. The van der Waals surface area contributed by atoms with E-state index in [1.54, 1.807) is 0 Å². The van der Waals surface area contributed by atoms with Crippen molar-refractivity contribution in [2.24, 2.45) is 4.99 Å². The Balaban J connectivity index is 0.00000280. The lowest BCUT2D eigenvalue weighted by molar-refractivity contribution is 0.0982. The van der Waals surface area contributed by atoms with Crippen LogP contribution in [0.25, 0.3) is 0 Å². The topological polar surface area (TPSA) is 58.1 Å². The molecule has 28 heavy (non-hydrogen) atoms. The molecule has 0 spiro atoms. The number of nitrogens with one attached hydrogen (secondary N) is 2. The van der Waals surface area contributed by atoms with Gasteiger partial charge in [0, 0.05) is 25.7 Å². The molecule has 158 valence electrons. The van der Waals surface area contributed by atoms with Gasteiger partial charge in [-0.05, 0) is 63.9 Å². The van der Waals surface area contributed by atoms with Crippen molar-refractivity contribution < 1.29 is 9.47 Å². The zero-order valence-electron chi connectivity index (χ0n) is 17.4. The highest BCUT2D eigenvalue weighted by atomic mass is 127. The first-order valence-corrected chi connectivity index (χ1v) is 10.2. The summed E-state index contributed by atoms with van der Waals surface area (Å²) in [5.41, 5.74) is 1.37. The number of likely N-dealkylation sites (tertiary alicyclic amines) is 1. The fourth-order valence-electron chi connectivity index (χ4n) is 3.70. The molecule has 1 aromatic carbocycles. The van der Waals surface area contributed by atoms with Gasteiger partial charge in [0.05, 0.1) is 0 Å². The van der Waals surface area contributed by atoms with Gasteiger partial charge in [0.15, 0.2) is 17.5 Å². The minimum absolute atomic E-state index is 0. The summed E-state index contributed by atoms with van der Waals surface area (Å²) in [5.74, 6) is 2.55. The fraction of sp³-hybridized carbons (Fsp3) is 0.667. The summed E-state index contributed by atoms with van der Waals surface area (Å²) >= 11 is 0. The van der Waals surface area contributed by atoms with Crippen molar-refractivity contribution in [2.75, 3.05) is 46.4 Å². The van der Waals surface area contributed by atoms with E-state index in [2.05, 4.69) is 46.5 Å². The number of fused-ring (bicyclic) bond motifs is 1. The van der Waals surface area contributed by atoms with Crippen molar-refractivity contribution >= 4 is 29.9 Å². The average Bonchev–Trinajstić information content (AvgIpc) is 2.71. The van der Waals surface area contributed by atoms with Crippen molar-refractivity contribution in [1.82, 2.24) is 15.5 Å². The number of aliphatic imine (C=N–C) groups is 1. The minimum atomic E-state index is 0. The van der Waals surface area contributed by atoms with Crippen LogP contribution in [-0.2, 0) is 6.42 Å². The Labute approximate surface area is 186 Å². The highest BCUT2D eigenvalue weighted by molar-refractivity contribution is 14.0. The largest absolute Gasteiger partial charge is 0.486 e. The number of hydrogen-bond acceptors (Lipinski definition) is 4. The van der Waals surface area contributed by atoms with Crippen molar-refractivity contribution in [1.29, 1.82) is 0 Å². The Bertz CT molecular complexity index is 645. The van der Waals surface area contributed by atoms with Gasteiger partial charge >= 0.3 is 0 Å². The van der Waals surface area contributed by atoms with Crippen LogP contribution in [0.5, 0.6) is 11.5 Å². The summed E-state index contributed by atoms with van der Waals surface area (Å²) in [4.78, 5) is 6.96. The van der Waals surface area contributed by atoms with E-state index < -0.39 is 0 Å². The Morgan fingerprint density at radius 2 is 1.79 bits per heavy atom. The lowest BCUT2D eigenvalue weighted by Crippen LogP contribution is -2.55. The second kappa shape index (κ2) is 11.1. The third-order valence-electron chi connectivity index (χ3n) is 5.44. The molecule has 7 heteroatoms. The van der Waals surface area contributed by atoms with Gasteiger partial charge in [0.2, 0.25) is 0 Å². The predicted octanol–water partition coefficient (Wildman–Crippen LogP) is 3.05. The normalized spacial score (nSPS) is 17.6. The van der Waals surface area contributed by atoms with E-state index in [-0.39, 0.29) is 29.5 Å². The SMILES string of the molecule is CN=C(NCCc1ccc2c(c1)OCCO2)NCC(C)(C)N1CCCCC1.I. The zero-order chi connectivity index (χ0) is 19.1. The van der Waals surface area contributed by atoms with E-state index >= 15 is 0 Å². The number of ether oxygens (including phenoxy) is 2. The lowest BCUT2D eigenvalue weighted by Gasteiger charge is -2.41. The van der Waals surface area contributed by atoms with E-state index in [9.17, 15) is 0 Å². The standard InChI is InChI=1S/C21H34N4O2.HI/c1-21(2,25-11-5-4-6-12-25)16-24-20(22-3)23-10-9-17-7-8-18-19(15-17)27-14-13-26-18;/h7-8,15H,4-6,9-14,16H2,1-3H3,(H2,22,23,24);1H. The predicted molar refractivity (Wildman–Crippen MR) is 125 cm³/mol. The van der Waals surface area contributed by atoms with Gasteiger partial charge in [0.1, 0.15) is 13.2 Å². The van der Waals surface area contributed by atoms with Crippen LogP contribution in [0.2, 0.25) is 0 Å². The molecule has 0 aromatic heterocycles. The summed E-state index contributed by atoms with van der Waals surface area (Å²) in [6.07, 6.45) is 4.90. The van der Waals surface area contributed by atoms with E-state index in [4.69, 9.17) is 9.47 Å². The molecule has 2 aliphatic rings. The molecule has 3 rings (SSSR count).